The maximum absolute atomic E-state index is 4.55. The summed E-state index contributed by atoms with van der Waals surface area (Å²) in [5.41, 5.74) is 2.49. The Kier molecular flexibility index (Phi) is 7.03. The molecule has 0 aliphatic rings. The van der Waals surface area contributed by atoms with E-state index in [9.17, 15) is 0 Å². The van der Waals surface area contributed by atoms with Crippen molar-refractivity contribution in [2.24, 2.45) is 4.99 Å². The molecule has 0 aromatic heterocycles. The highest BCUT2D eigenvalue weighted by atomic mass is 27.2. The Morgan fingerprint density at radius 3 is 1.94 bits per heavy atom. The lowest BCUT2D eigenvalue weighted by Gasteiger charge is -2.33. The van der Waals surface area contributed by atoms with Crippen molar-refractivity contribution >= 4 is 20.1 Å². The van der Waals surface area contributed by atoms with Crippen LogP contribution in [0.5, 0.6) is 0 Å². The standard InChI is InChI=1S/C11H21N2.2CH3.Al/c1-8(2)12-10(5)7-11(6)13-9(3)4;;;/h7-9H,1-6H3;2*1H3;/q-1;;;+1/b10-7-,13-11?;;;. The molecule has 0 unspecified atom stereocenters. The summed E-state index contributed by atoms with van der Waals surface area (Å²) in [6.07, 6.45) is 2.22. The van der Waals surface area contributed by atoms with Gasteiger partial charge >= 0.3 is 14.4 Å². The second-order valence-corrected chi connectivity index (χ2v) is 7.99. The van der Waals surface area contributed by atoms with Crippen LogP contribution in [0.1, 0.15) is 41.5 Å². The van der Waals surface area contributed by atoms with Crippen LogP contribution in [0.4, 0.5) is 0 Å². The summed E-state index contributed by atoms with van der Waals surface area (Å²) in [6.45, 7) is 13.0. The minimum absolute atomic E-state index is 0.382. The van der Waals surface area contributed by atoms with Gasteiger partial charge in [-0.25, -0.2) is 0 Å². The highest BCUT2D eigenvalue weighted by molar-refractivity contribution is 6.53. The Hall–Kier alpha value is -0.258. The highest BCUT2D eigenvalue weighted by Crippen LogP contribution is 2.12. The van der Waals surface area contributed by atoms with Crippen LogP contribution in [0.3, 0.4) is 0 Å². The molecular formula is C13H27AlN2. The summed E-state index contributed by atoms with van der Waals surface area (Å²) >= 11 is -0.786. The number of aliphatic imine (C=N–C) groups is 1. The molecule has 0 spiro atoms. The lowest BCUT2D eigenvalue weighted by molar-refractivity contribution is 0.442. The van der Waals surface area contributed by atoms with Gasteiger partial charge in [0.1, 0.15) is 0 Å². The predicted octanol–water partition coefficient (Wildman–Crippen LogP) is 3.72. The normalized spacial score (nSPS) is 13.6. The minimum atomic E-state index is -0.786. The summed E-state index contributed by atoms with van der Waals surface area (Å²) in [7, 11) is 0. The fourth-order valence-corrected chi connectivity index (χ4v) is 4.31. The molecule has 0 radical (unpaired) electrons. The van der Waals surface area contributed by atoms with Gasteiger partial charge in [0.25, 0.3) is 0 Å². The quantitative estimate of drug-likeness (QED) is 0.526. The largest absolute Gasteiger partial charge is 0.464 e. The van der Waals surface area contributed by atoms with Crippen molar-refractivity contribution in [3.63, 3.8) is 0 Å². The Morgan fingerprint density at radius 2 is 1.62 bits per heavy atom. The molecule has 0 bridgehead atoms. The predicted molar refractivity (Wildman–Crippen MR) is 76.5 cm³/mol. The maximum atomic E-state index is 4.55. The SMILES string of the molecule is CC(/C=C(/C)[N](C(C)C)[Al]([CH3])[CH3])=NC(C)C. The van der Waals surface area contributed by atoms with Gasteiger partial charge < -0.3 is 3.88 Å². The fourth-order valence-electron chi connectivity index (χ4n) is 2.23. The van der Waals surface area contributed by atoms with Crippen LogP contribution in [-0.2, 0) is 0 Å². The number of hydrogen-bond acceptors (Lipinski definition) is 2. The summed E-state index contributed by atoms with van der Waals surface area (Å²) in [6, 6.07) is 0.975. The molecular weight excluding hydrogens is 211 g/mol. The lowest BCUT2D eigenvalue weighted by Crippen LogP contribution is -2.38. The van der Waals surface area contributed by atoms with Gasteiger partial charge in [0, 0.05) is 11.8 Å². The first-order chi connectivity index (χ1) is 7.25. The number of allylic oxidation sites excluding steroid dienone is 2. The van der Waals surface area contributed by atoms with E-state index >= 15 is 0 Å². The van der Waals surface area contributed by atoms with Crippen molar-refractivity contribution in [1.82, 2.24) is 3.88 Å². The second kappa shape index (κ2) is 7.14. The van der Waals surface area contributed by atoms with E-state index in [1.807, 2.05) is 0 Å². The molecule has 0 fully saturated rings. The van der Waals surface area contributed by atoms with Crippen molar-refractivity contribution in [2.45, 2.75) is 65.2 Å². The minimum Gasteiger partial charge on any atom is -0.464 e. The van der Waals surface area contributed by atoms with E-state index in [-0.39, 0.29) is 0 Å². The molecule has 0 aromatic carbocycles. The summed E-state index contributed by atoms with van der Waals surface area (Å²) < 4.78 is 2.55. The van der Waals surface area contributed by atoms with Crippen LogP contribution in [-0.4, -0.2) is 36.0 Å². The van der Waals surface area contributed by atoms with E-state index in [2.05, 4.69) is 68.1 Å². The summed E-state index contributed by atoms with van der Waals surface area (Å²) in [4.78, 5) is 4.55. The van der Waals surface area contributed by atoms with Gasteiger partial charge in [0.2, 0.25) is 0 Å². The summed E-state index contributed by atoms with van der Waals surface area (Å²) in [5, 5.41) is 0. The second-order valence-electron chi connectivity index (χ2n) is 5.24. The molecule has 0 atom stereocenters. The zero-order valence-electron chi connectivity index (χ0n) is 12.2. The molecule has 0 aliphatic heterocycles. The molecule has 0 saturated heterocycles. The van der Waals surface area contributed by atoms with Crippen molar-refractivity contribution in [1.29, 1.82) is 0 Å². The van der Waals surface area contributed by atoms with Crippen LogP contribution in [0.2, 0.25) is 11.6 Å². The summed E-state index contributed by atoms with van der Waals surface area (Å²) in [5.74, 6) is 4.73. The van der Waals surface area contributed by atoms with Crippen LogP contribution < -0.4 is 0 Å². The van der Waals surface area contributed by atoms with Gasteiger partial charge in [-0.1, -0.05) is 11.6 Å². The van der Waals surface area contributed by atoms with Crippen molar-refractivity contribution < 1.29 is 0 Å². The number of hydrogen-bond donors (Lipinski definition) is 0. The average molecular weight is 238 g/mol. The Balaban J connectivity index is 4.86. The van der Waals surface area contributed by atoms with Crippen LogP contribution in [0.15, 0.2) is 16.8 Å². The molecule has 16 heavy (non-hydrogen) atoms. The fraction of sp³-hybridized carbons (Fsp3) is 0.769. The zero-order valence-corrected chi connectivity index (χ0v) is 13.4. The molecule has 92 valence electrons. The van der Waals surface area contributed by atoms with Crippen molar-refractivity contribution in [2.75, 3.05) is 0 Å². The molecule has 3 heteroatoms. The molecule has 0 amide bonds. The third-order valence-electron chi connectivity index (χ3n) is 2.40. The first-order valence-electron chi connectivity index (χ1n) is 6.26. The zero-order chi connectivity index (χ0) is 12.9. The van der Waals surface area contributed by atoms with Gasteiger partial charge in [-0.2, -0.15) is 0 Å². The maximum Gasteiger partial charge on any atom is 0.407 e. The van der Waals surface area contributed by atoms with Crippen LogP contribution in [0, 0.1) is 0 Å². The Morgan fingerprint density at radius 1 is 1.12 bits per heavy atom. The van der Waals surface area contributed by atoms with Gasteiger partial charge in [-0.15, -0.1) is 0 Å². The van der Waals surface area contributed by atoms with E-state index in [1.54, 1.807) is 0 Å². The monoisotopic (exact) mass is 238 g/mol. The van der Waals surface area contributed by atoms with E-state index in [1.165, 1.54) is 5.70 Å². The number of rotatable bonds is 5. The molecule has 2 nitrogen and oxygen atoms in total. The highest BCUT2D eigenvalue weighted by Gasteiger charge is 2.18. The lowest BCUT2D eigenvalue weighted by atomic mass is 10.3. The first kappa shape index (κ1) is 15.7. The van der Waals surface area contributed by atoms with E-state index in [4.69, 9.17) is 0 Å². The topological polar surface area (TPSA) is 15.6 Å². The van der Waals surface area contributed by atoms with E-state index in [0.29, 0.717) is 12.1 Å². The van der Waals surface area contributed by atoms with Gasteiger partial charge in [0.05, 0.1) is 0 Å². The van der Waals surface area contributed by atoms with Gasteiger partial charge in [-0.3, -0.25) is 4.99 Å². The molecule has 0 rings (SSSR count). The van der Waals surface area contributed by atoms with Crippen LogP contribution >= 0.6 is 0 Å². The van der Waals surface area contributed by atoms with Crippen LogP contribution in [0.25, 0.3) is 0 Å². The smallest absolute Gasteiger partial charge is 0.407 e. The molecule has 0 N–H and O–H groups in total. The first-order valence-corrected chi connectivity index (χ1v) is 9.09. The van der Waals surface area contributed by atoms with Crippen molar-refractivity contribution in [3.05, 3.63) is 11.8 Å². The van der Waals surface area contributed by atoms with E-state index < -0.39 is 14.4 Å². The van der Waals surface area contributed by atoms with Gasteiger partial charge in [0.15, 0.2) is 0 Å². The Labute approximate surface area is 106 Å². The van der Waals surface area contributed by atoms with Crippen molar-refractivity contribution in [3.8, 4) is 0 Å². The Bertz CT molecular complexity index is 257. The third-order valence-corrected chi connectivity index (χ3v) is 4.52. The third kappa shape index (κ3) is 5.72. The van der Waals surface area contributed by atoms with E-state index in [0.717, 1.165) is 5.71 Å². The molecule has 0 saturated carbocycles. The molecule has 0 aromatic rings. The van der Waals surface area contributed by atoms with Gasteiger partial charge in [-0.05, 0) is 59.4 Å². The molecule has 0 aliphatic carbocycles. The number of nitrogens with zero attached hydrogens (tertiary/aromatic N) is 2. The average Bonchev–Trinajstić information content (AvgIpc) is 1.98. The molecule has 0 heterocycles.